The zero-order valence-corrected chi connectivity index (χ0v) is 15.6. The number of H-pyrrole nitrogens is 1. The van der Waals surface area contributed by atoms with E-state index in [1.807, 2.05) is 18.2 Å². The van der Waals surface area contributed by atoms with Crippen LogP contribution >= 0.6 is 0 Å². The lowest BCUT2D eigenvalue weighted by molar-refractivity contribution is -0.118. The number of carbonyl (C=O) groups excluding carboxylic acids is 1. The lowest BCUT2D eigenvalue weighted by atomic mass is 10.0. The van der Waals surface area contributed by atoms with Gasteiger partial charge in [-0.05, 0) is 36.8 Å². The molecule has 0 atom stereocenters. The van der Waals surface area contributed by atoms with Crippen LogP contribution in [-0.4, -0.2) is 27.3 Å². The summed E-state index contributed by atoms with van der Waals surface area (Å²) in [5.41, 5.74) is 2.94. The Labute approximate surface area is 165 Å². The van der Waals surface area contributed by atoms with E-state index in [0.717, 1.165) is 22.6 Å². The molecule has 0 saturated heterocycles. The van der Waals surface area contributed by atoms with Gasteiger partial charge in [0.15, 0.2) is 17.3 Å². The molecule has 146 valence electrons. The van der Waals surface area contributed by atoms with Gasteiger partial charge in [-0.3, -0.25) is 9.78 Å². The number of hydrogen-bond donors (Lipinski definition) is 1. The molecule has 1 aromatic carbocycles. The highest BCUT2D eigenvalue weighted by atomic mass is 19.1. The van der Waals surface area contributed by atoms with E-state index in [4.69, 9.17) is 4.74 Å². The molecule has 4 rings (SSSR count). The molecule has 0 unspecified atom stereocenters. The van der Waals surface area contributed by atoms with Crippen molar-refractivity contribution >= 4 is 16.8 Å². The molecule has 0 radical (unpaired) electrons. The summed E-state index contributed by atoms with van der Waals surface area (Å²) in [6, 6.07) is 7.99. The molecular formula is C22H17F2N3O2. The van der Waals surface area contributed by atoms with Gasteiger partial charge >= 0.3 is 0 Å². The average molecular weight is 393 g/mol. The highest BCUT2D eigenvalue weighted by Crippen LogP contribution is 2.29. The molecule has 0 amide bonds. The molecule has 0 fully saturated rings. The number of benzene rings is 1. The van der Waals surface area contributed by atoms with Crippen LogP contribution in [0.4, 0.5) is 8.78 Å². The minimum Gasteiger partial charge on any atom is -0.483 e. The Morgan fingerprint density at radius 3 is 2.79 bits per heavy atom. The van der Waals surface area contributed by atoms with Crippen LogP contribution in [0, 0.1) is 11.6 Å². The van der Waals surface area contributed by atoms with E-state index >= 15 is 0 Å². The second-order valence-electron chi connectivity index (χ2n) is 6.68. The number of aromatic amines is 1. The van der Waals surface area contributed by atoms with Gasteiger partial charge in [0.2, 0.25) is 0 Å². The zero-order chi connectivity index (χ0) is 20.4. The van der Waals surface area contributed by atoms with E-state index in [1.165, 1.54) is 13.0 Å². The van der Waals surface area contributed by atoms with E-state index < -0.39 is 11.6 Å². The van der Waals surface area contributed by atoms with E-state index in [2.05, 4.69) is 15.0 Å². The van der Waals surface area contributed by atoms with Crippen molar-refractivity contribution in [2.24, 2.45) is 0 Å². The summed E-state index contributed by atoms with van der Waals surface area (Å²) in [6.07, 6.45) is 6.82. The van der Waals surface area contributed by atoms with Crippen LogP contribution in [0.2, 0.25) is 0 Å². The minimum atomic E-state index is -0.808. The number of ether oxygens (including phenoxy) is 1. The van der Waals surface area contributed by atoms with Crippen LogP contribution in [-0.2, 0) is 11.2 Å². The number of fused-ring (bicyclic) bond motifs is 1. The van der Waals surface area contributed by atoms with Gasteiger partial charge < -0.3 is 9.72 Å². The number of halogens is 2. The number of nitrogens with one attached hydrogen (secondary N) is 1. The maximum absolute atomic E-state index is 14.8. The average Bonchev–Trinajstić information content (AvgIpc) is 3.13. The largest absolute Gasteiger partial charge is 0.483 e. The Morgan fingerprint density at radius 1 is 1.17 bits per heavy atom. The maximum atomic E-state index is 14.8. The normalized spacial score (nSPS) is 11.0. The molecule has 3 heterocycles. The summed E-state index contributed by atoms with van der Waals surface area (Å²) >= 11 is 0. The first-order chi connectivity index (χ1) is 14.0. The van der Waals surface area contributed by atoms with Gasteiger partial charge in [-0.25, -0.2) is 13.8 Å². The summed E-state index contributed by atoms with van der Waals surface area (Å²) in [6.45, 7) is 1.06. The van der Waals surface area contributed by atoms with Crippen LogP contribution in [0.25, 0.3) is 22.2 Å². The number of hydrogen-bond acceptors (Lipinski definition) is 4. The van der Waals surface area contributed by atoms with Crippen LogP contribution in [0.15, 0.2) is 55.1 Å². The molecule has 5 nitrogen and oxygen atoms in total. The number of aromatic nitrogens is 3. The third-order valence-corrected chi connectivity index (χ3v) is 4.56. The summed E-state index contributed by atoms with van der Waals surface area (Å²) in [5, 5.41) is 0.764. The number of pyridine rings is 2. The van der Waals surface area contributed by atoms with Gasteiger partial charge in [0.25, 0.3) is 0 Å². The first-order valence-corrected chi connectivity index (χ1v) is 8.98. The molecule has 7 heteroatoms. The van der Waals surface area contributed by atoms with Crippen molar-refractivity contribution in [1.29, 1.82) is 0 Å². The van der Waals surface area contributed by atoms with E-state index in [0.29, 0.717) is 11.2 Å². The summed E-state index contributed by atoms with van der Waals surface area (Å²) in [4.78, 5) is 22.6. The number of Topliss-reactive ketones (excluding diaryl/α,β-unsaturated/α-hetero) is 1. The maximum Gasteiger partial charge on any atom is 0.171 e. The molecule has 3 aromatic heterocycles. The zero-order valence-electron chi connectivity index (χ0n) is 15.6. The third kappa shape index (κ3) is 3.85. The fourth-order valence-corrected chi connectivity index (χ4v) is 3.11. The van der Waals surface area contributed by atoms with Gasteiger partial charge in [-0.15, -0.1) is 0 Å². The SMILES string of the molecule is CC(=O)COc1ccc(F)c(Cc2c[nH]c3ncc(-c4cccnc4)cc23)c1F. The molecule has 0 aliphatic carbocycles. The van der Waals surface area contributed by atoms with Crippen molar-refractivity contribution in [3.63, 3.8) is 0 Å². The van der Waals surface area contributed by atoms with Crippen LogP contribution in [0.1, 0.15) is 18.1 Å². The number of carbonyl (C=O) groups is 1. The number of rotatable bonds is 6. The first-order valence-electron chi connectivity index (χ1n) is 8.98. The van der Waals surface area contributed by atoms with Crippen molar-refractivity contribution < 1.29 is 18.3 Å². The Hall–Kier alpha value is -3.61. The van der Waals surface area contributed by atoms with E-state index in [9.17, 15) is 13.6 Å². The Morgan fingerprint density at radius 2 is 2.03 bits per heavy atom. The van der Waals surface area contributed by atoms with Crippen molar-refractivity contribution in [3.8, 4) is 16.9 Å². The Balaban J connectivity index is 1.71. The fraction of sp³-hybridized carbons (Fsp3) is 0.136. The molecule has 1 N–H and O–H groups in total. The van der Waals surface area contributed by atoms with Crippen molar-refractivity contribution in [2.75, 3.05) is 6.61 Å². The molecule has 29 heavy (non-hydrogen) atoms. The first kappa shape index (κ1) is 18.7. The van der Waals surface area contributed by atoms with E-state index in [1.54, 1.807) is 24.8 Å². The van der Waals surface area contributed by atoms with Gasteiger partial charge in [-0.2, -0.15) is 0 Å². The molecule has 0 bridgehead atoms. The van der Waals surface area contributed by atoms with Crippen LogP contribution in [0.5, 0.6) is 5.75 Å². The molecule has 0 aliphatic heterocycles. The molecule has 0 spiro atoms. The Kier molecular flexibility index (Phi) is 5.03. The summed E-state index contributed by atoms with van der Waals surface area (Å²) in [7, 11) is 0. The lowest BCUT2D eigenvalue weighted by Crippen LogP contribution is -2.09. The molecule has 0 aliphatic rings. The topological polar surface area (TPSA) is 67.9 Å². The van der Waals surface area contributed by atoms with Gasteiger partial charge in [0, 0.05) is 53.3 Å². The fourth-order valence-electron chi connectivity index (χ4n) is 3.11. The summed E-state index contributed by atoms with van der Waals surface area (Å²) in [5.74, 6) is -1.88. The van der Waals surface area contributed by atoms with Crippen LogP contribution in [0.3, 0.4) is 0 Å². The molecular weight excluding hydrogens is 376 g/mol. The lowest BCUT2D eigenvalue weighted by Gasteiger charge is -2.10. The van der Waals surface area contributed by atoms with Gasteiger partial charge in [0.1, 0.15) is 18.1 Å². The highest BCUT2D eigenvalue weighted by molar-refractivity contribution is 5.84. The van der Waals surface area contributed by atoms with Crippen LogP contribution < -0.4 is 4.74 Å². The van der Waals surface area contributed by atoms with Crippen molar-refractivity contribution in [1.82, 2.24) is 15.0 Å². The highest BCUT2D eigenvalue weighted by Gasteiger charge is 2.18. The predicted molar refractivity (Wildman–Crippen MR) is 105 cm³/mol. The Bertz CT molecular complexity index is 1190. The minimum absolute atomic E-state index is 0.00705. The molecule has 0 saturated carbocycles. The standard InChI is InChI=1S/C22H17F2N3O2/c1-13(28)12-29-20-5-4-19(23)18(21(20)24)8-16-11-27-22-17(16)7-15(10-26-22)14-3-2-6-25-9-14/h2-7,9-11H,8,12H2,1H3,(H,26,27). The van der Waals surface area contributed by atoms with Crippen molar-refractivity contribution in [2.45, 2.75) is 13.3 Å². The smallest absolute Gasteiger partial charge is 0.171 e. The quantitative estimate of drug-likeness (QED) is 0.525. The third-order valence-electron chi connectivity index (χ3n) is 4.56. The monoisotopic (exact) mass is 393 g/mol. The van der Waals surface area contributed by atoms with Gasteiger partial charge in [-0.1, -0.05) is 6.07 Å². The second-order valence-corrected chi connectivity index (χ2v) is 6.68. The summed E-state index contributed by atoms with van der Waals surface area (Å²) < 4.78 is 34.3. The van der Waals surface area contributed by atoms with Crippen molar-refractivity contribution in [3.05, 3.63) is 77.9 Å². The molecule has 4 aromatic rings. The predicted octanol–water partition coefficient (Wildman–Crippen LogP) is 4.46. The number of nitrogens with zero attached hydrogens (tertiary/aromatic N) is 2. The van der Waals surface area contributed by atoms with E-state index in [-0.39, 0.29) is 30.1 Å². The number of ketones is 1. The second kappa shape index (κ2) is 7.79. The van der Waals surface area contributed by atoms with Gasteiger partial charge in [0.05, 0.1) is 0 Å².